The van der Waals surface area contributed by atoms with E-state index in [1.165, 1.54) is 12.1 Å². The molecule has 0 saturated carbocycles. The van der Waals surface area contributed by atoms with E-state index in [1.807, 2.05) is 0 Å². The number of carbonyl (C=O) groups is 3. The van der Waals surface area contributed by atoms with Crippen LogP contribution in [0.4, 0.5) is 11.6 Å². The van der Waals surface area contributed by atoms with Crippen molar-refractivity contribution in [3.63, 3.8) is 0 Å². The van der Waals surface area contributed by atoms with Gasteiger partial charge in [0.1, 0.15) is 6.04 Å². The number of carbonyl (C=O) groups excluding carboxylic acids is 1. The molecular weight excluding hydrogens is 424 g/mol. The minimum atomic E-state index is -1.32. The number of aliphatic carboxylic acids is 2. The van der Waals surface area contributed by atoms with Gasteiger partial charge >= 0.3 is 11.9 Å². The summed E-state index contributed by atoms with van der Waals surface area (Å²) in [6.45, 7) is 0.120. The van der Waals surface area contributed by atoms with E-state index in [4.69, 9.17) is 15.9 Å². The second-order valence-corrected chi connectivity index (χ2v) is 6.58. The first-order valence-corrected chi connectivity index (χ1v) is 9.21. The van der Waals surface area contributed by atoms with E-state index in [2.05, 4.69) is 35.8 Å². The molecular formula is C18H18N8O6. The van der Waals surface area contributed by atoms with Crippen molar-refractivity contribution in [1.82, 2.24) is 30.5 Å². The molecule has 1 amide bonds. The Bertz CT molecular complexity index is 1230. The summed E-state index contributed by atoms with van der Waals surface area (Å²) >= 11 is 0. The lowest BCUT2D eigenvalue weighted by Gasteiger charge is -2.14. The standard InChI is InChI=1S/C18H18N8O6/c19-18-23-14-13(16(30)24-18)22-11(25-26-14)7-20-9-3-1-8(2-4-9)15(29)21-10(17(31)32)5-6-12(27)28/h1-4,10,20H,5-7H2,(H,21,29)(H,27,28)(H,31,32)(H3,19,23,24,26,30). The molecule has 0 saturated heterocycles. The first-order valence-electron chi connectivity index (χ1n) is 9.21. The lowest BCUT2D eigenvalue weighted by molar-refractivity contribution is -0.140. The zero-order valence-corrected chi connectivity index (χ0v) is 16.4. The third-order valence-electron chi connectivity index (χ3n) is 4.24. The first kappa shape index (κ1) is 22.1. The number of H-pyrrole nitrogens is 1. The monoisotopic (exact) mass is 442 g/mol. The van der Waals surface area contributed by atoms with Crippen LogP contribution in [0, 0.1) is 0 Å². The number of hydrogen-bond donors (Lipinski definition) is 6. The molecule has 32 heavy (non-hydrogen) atoms. The molecule has 1 aromatic carbocycles. The van der Waals surface area contributed by atoms with Crippen LogP contribution in [-0.4, -0.2) is 59.2 Å². The molecule has 0 radical (unpaired) electrons. The van der Waals surface area contributed by atoms with Crippen molar-refractivity contribution < 1.29 is 24.6 Å². The molecule has 1 atom stereocenters. The van der Waals surface area contributed by atoms with Gasteiger partial charge in [-0.25, -0.2) is 9.78 Å². The minimum Gasteiger partial charge on any atom is -0.481 e. The first-order chi connectivity index (χ1) is 15.2. The molecule has 7 N–H and O–H groups in total. The predicted molar refractivity (Wildman–Crippen MR) is 110 cm³/mol. The summed E-state index contributed by atoms with van der Waals surface area (Å²) in [7, 11) is 0. The Kier molecular flexibility index (Phi) is 6.53. The summed E-state index contributed by atoms with van der Waals surface area (Å²) in [5.41, 5.74) is 5.70. The number of nitrogens with one attached hydrogen (secondary N) is 3. The van der Waals surface area contributed by atoms with Crippen molar-refractivity contribution in [3.8, 4) is 0 Å². The fourth-order valence-electron chi connectivity index (χ4n) is 2.66. The number of carboxylic acids is 2. The van der Waals surface area contributed by atoms with Crippen LogP contribution >= 0.6 is 0 Å². The zero-order valence-electron chi connectivity index (χ0n) is 16.4. The fourth-order valence-corrected chi connectivity index (χ4v) is 2.66. The molecule has 0 bridgehead atoms. The van der Waals surface area contributed by atoms with Crippen molar-refractivity contribution in [1.29, 1.82) is 0 Å². The SMILES string of the molecule is Nc1nc2nnc(CNc3ccc(C(=O)NC(CCC(=O)O)C(=O)O)cc3)nc2c(=O)[nH]1. The smallest absolute Gasteiger partial charge is 0.326 e. The zero-order chi connectivity index (χ0) is 23.3. The number of hydrogen-bond acceptors (Lipinski definition) is 10. The van der Waals surface area contributed by atoms with Crippen molar-refractivity contribution in [2.75, 3.05) is 11.1 Å². The van der Waals surface area contributed by atoms with E-state index in [9.17, 15) is 19.2 Å². The quantitative estimate of drug-likeness (QED) is 0.243. The van der Waals surface area contributed by atoms with Crippen LogP contribution in [0.25, 0.3) is 11.2 Å². The number of fused-ring (bicyclic) bond motifs is 1. The highest BCUT2D eigenvalue weighted by Crippen LogP contribution is 2.11. The van der Waals surface area contributed by atoms with Gasteiger partial charge in [-0.2, -0.15) is 4.98 Å². The van der Waals surface area contributed by atoms with Crippen LogP contribution in [0.15, 0.2) is 29.1 Å². The minimum absolute atomic E-state index is 0.00565. The predicted octanol–water partition coefficient (Wildman–Crippen LogP) is -0.650. The van der Waals surface area contributed by atoms with Gasteiger partial charge in [-0.15, -0.1) is 10.2 Å². The highest BCUT2D eigenvalue weighted by atomic mass is 16.4. The highest BCUT2D eigenvalue weighted by molar-refractivity contribution is 5.96. The lowest BCUT2D eigenvalue weighted by Crippen LogP contribution is -2.41. The van der Waals surface area contributed by atoms with Crippen LogP contribution < -0.4 is 21.9 Å². The normalized spacial score (nSPS) is 11.6. The van der Waals surface area contributed by atoms with Gasteiger partial charge in [-0.1, -0.05) is 0 Å². The number of nitrogens with two attached hydrogens (primary N) is 1. The van der Waals surface area contributed by atoms with Gasteiger partial charge in [0.05, 0.1) is 6.54 Å². The third kappa shape index (κ3) is 5.50. The van der Waals surface area contributed by atoms with E-state index in [0.717, 1.165) is 0 Å². The molecule has 3 aromatic rings. The van der Waals surface area contributed by atoms with E-state index in [0.29, 0.717) is 5.69 Å². The maximum Gasteiger partial charge on any atom is 0.326 e. The summed E-state index contributed by atoms with van der Waals surface area (Å²) < 4.78 is 0. The molecule has 2 heterocycles. The molecule has 3 rings (SSSR count). The number of nitrogen functional groups attached to an aromatic ring is 1. The van der Waals surface area contributed by atoms with Crippen LogP contribution in [0.2, 0.25) is 0 Å². The second kappa shape index (κ2) is 9.46. The number of benzene rings is 1. The van der Waals surface area contributed by atoms with E-state index < -0.39 is 29.4 Å². The molecule has 0 aliphatic heterocycles. The Morgan fingerprint density at radius 2 is 1.81 bits per heavy atom. The van der Waals surface area contributed by atoms with Gasteiger partial charge in [0, 0.05) is 17.7 Å². The van der Waals surface area contributed by atoms with Gasteiger partial charge < -0.3 is 26.6 Å². The average molecular weight is 442 g/mol. The van der Waals surface area contributed by atoms with Crippen LogP contribution in [0.3, 0.4) is 0 Å². The summed E-state index contributed by atoms with van der Waals surface area (Å²) in [5, 5.41) is 30.8. The Morgan fingerprint density at radius 3 is 2.47 bits per heavy atom. The Labute approximate surface area is 178 Å². The summed E-state index contributed by atoms with van der Waals surface area (Å²) in [5.74, 6) is -3.00. The highest BCUT2D eigenvalue weighted by Gasteiger charge is 2.21. The Balaban J connectivity index is 1.62. The van der Waals surface area contributed by atoms with Crippen LogP contribution in [0.5, 0.6) is 0 Å². The van der Waals surface area contributed by atoms with Crippen molar-refractivity contribution in [3.05, 3.63) is 46.0 Å². The van der Waals surface area contributed by atoms with Gasteiger partial charge in [0.2, 0.25) is 11.6 Å². The lowest BCUT2D eigenvalue weighted by atomic mass is 10.1. The van der Waals surface area contributed by atoms with E-state index in [1.54, 1.807) is 12.1 Å². The molecule has 0 spiro atoms. The number of anilines is 2. The van der Waals surface area contributed by atoms with Crippen molar-refractivity contribution >= 4 is 40.6 Å². The number of amides is 1. The fraction of sp³-hybridized carbons (Fsp3) is 0.222. The van der Waals surface area contributed by atoms with Crippen molar-refractivity contribution in [2.24, 2.45) is 0 Å². The van der Waals surface area contributed by atoms with Gasteiger partial charge in [-0.05, 0) is 30.7 Å². The van der Waals surface area contributed by atoms with E-state index in [-0.39, 0.29) is 47.9 Å². The molecule has 0 aliphatic carbocycles. The number of aromatic amines is 1. The second-order valence-electron chi connectivity index (χ2n) is 6.58. The molecule has 1 unspecified atom stereocenters. The summed E-state index contributed by atoms with van der Waals surface area (Å²) in [6.07, 6.45) is -0.623. The largest absolute Gasteiger partial charge is 0.481 e. The van der Waals surface area contributed by atoms with Gasteiger partial charge in [0.15, 0.2) is 11.3 Å². The number of carboxylic acid groups (broad SMARTS) is 2. The topological polar surface area (TPSA) is 226 Å². The average Bonchev–Trinajstić information content (AvgIpc) is 2.75. The molecule has 14 heteroatoms. The maximum absolute atomic E-state index is 12.3. The molecule has 0 aliphatic rings. The van der Waals surface area contributed by atoms with Crippen LogP contribution in [0.1, 0.15) is 29.0 Å². The Morgan fingerprint density at radius 1 is 1.09 bits per heavy atom. The third-order valence-corrected chi connectivity index (χ3v) is 4.24. The molecule has 14 nitrogen and oxygen atoms in total. The number of nitrogens with zero attached hydrogens (tertiary/aromatic N) is 4. The number of aromatic nitrogens is 5. The van der Waals surface area contributed by atoms with Gasteiger partial charge in [0.25, 0.3) is 11.5 Å². The maximum atomic E-state index is 12.3. The molecule has 0 fully saturated rings. The number of rotatable bonds is 9. The molecule has 2 aromatic heterocycles. The summed E-state index contributed by atoms with van der Waals surface area (Å²) in [6, 6.07) is 4.76. The summed E-state index contributed by atoms with van der Waals surface area (Å²) in [4.78, 5) is 56.2. The van der Waals surface area contributed by atoms with E-state index >= 15 is 0 Å². The molecule has 166 valence electrons. The van der Waals surface area contributed by atoms with Crippen LogP contribution in [-0.2, 0) is 16.1 Å². The van der Waals surface area contributed by atoms with Crippen molar-refractivity contribution in [2.45, 2.75) is 25.4 Å². The Hall–Kier alpha value is -4.62. The van der Waals surface area contributed by atoms with Gasteiger partial charge in [-0.3, -0.25) is 19.4 Å².